The first-order valence-corrected chi connectivity index (χ1v) is 9.32. The predicted molar refractivity (Wildman–Crippen MR) is 84.4 cm³/mol. The molecule has 2 aliphatic rings. The number of carbonyl (C=O) groups is 1. The fourth-order valence-electron chi connectivity index (χ4n) is 3.05. The van der Waals surface area contributed by atoms with Gasteiger partial charge in [-0.25, -0.2) is 0 Å². The third-order valence-corrected chi connectivity index (χ3v) is 6.36. The van der Waals surface area contributed by atoms with Crippen LogP contribution in [-0.4, -0.2) is 85.7 Å². The van der Waals surface area contributed by atoms with E-state index in [4.69, 9.17) is 5.73 Å². The van der Waals surface area contributed by atoms with Crippen molar-refractivity contribution in [2.75, 3.05) is 45.8 Å². The van der Waals surface area contributed by atoms with E-state index in [0.717, 1.165) is 19.6 Å². The Balaban J connectivity index is 2.11. The number of nitrogens with two attached hydrogens (primary N) is 1. The summed E-state index contributed by atoms with van der Waals surface area (Å²) in [5, 5.41) is 2.70. The zero-order valence-electron chi connectivity index (χ0n) is 13.4. The van der Waals surface area contributed by atoms with Crippen LogP contribution in [0.4, 0.5) is 0 Å². The van der Waals surface area contributed by atoms with Gasteiger partial charge < -0.3 is 16.0 Å². The van der Waals surface area contributed by atoms with E-state index < -0.39 is 16.3 Å². The summed E-state index contributed by atoms with van der Waals surface area (Å²) in [5.41, 5.74) is 5.91. The number of amides is 1. The number of hydrogen-bond donors (Lipinski definition) is 2. The highest BCUT2D eigenvalue weighted by atomic mass is 32.2. The minimum Gasteiger partial charge on any atom is -0.355 e. The standard InChI is InChI=1S/C13H27N5O3S/c1-3-15-13(19)12-9-11(14)10-18(12)22(20,21)17-7-5-16(4-2)6-8-17/h11-12H,3-10,14H2,1-2H3,(H,15,19)/t11-,12-/m0/s1. The Morgan fingerprint density at radius 3 is 2.41 bits per heavy atom. The normalized spacial score (nSPS) is 28.9. The highest BCUT2D eigenvalue weighted by Crippen LogP contribution is 2.24. The fourth-order valence-corrected chi connectivity index (χ4v) is 4.85. The molecule has 2 rings (SSSR count). The van der Waals surface area contributed by atoms with Gasteiger partial charge in [0.05, 0.1) is 0 Å². The molecule has 3 N–H and O–H groups in total. The van der Waals surface area contributed by atoms with Crippen LogP contribution in [0.15, 0.2) is 0 Å². The Morgan fingerprint density at radius 1 is 1.23 bits per heavy atom. The van der Waals surface area contributed by atoms with Gasteiger partial charge in [-0.05, 0) is 19.9 Å². The summed E-state index contributed by atoms with van der Waals surface area (Å²) in [6, 6.07) is -0.983. The zero-order valence-corrected chi connectivity index (χ0v) is 14.2. The molecule has 2 heterocycles. The van der Waals surface area contributed by atoms with Crippen LogP contribution in [0.25, 0.3) is 0 Å². The number of likely N-dealkylation sites (N-methyl/N-ethyl adjacent to an activating group) is 2. The highest BCUT2D eigenvalue weighted by molar-refractivity contribution is 7.86. The zero-order chi connectivity index (χ0) is 16.3. The SMILES string of the molecule is CCNC(=O)[C@@H]1C[C@H](N)CN1S(=O)(=O)N1CCN(CC)CC1. The van der Waals surface area contributed by atoms with Gasteiger partial charge >= 0.3 is 0 Å². The minimum absolute atomic E-state index is 0.206. The third-order valence-electron chi connectivity index (χ3n) is 4.34. The lowest BCUT2D eigenvalue weighted by molar-refractivity contribution is -0.124. The molecule has 22 heavy (non-hydrogen) atoms. The molecule has 0 aliphatic carbocycles. The number of carbonyl (C=O) groups excluding carboxylic acids is 1. The average molecular weight is 333 g/mol. The summed E-state index contributed by atoms with van der Waals surface area (Å²) in [5.74, 6) is -0.258. The van der Waals surface area contributed by atoms with Crippen LogP contribution in [0.3, 0.4) is 0 Å². The van der Waals surface area contributed by atoms with Gasteiger partial charge in [-0.15, -0.1) is 0 Å². The summed E-state index contributed by atoms with van der Waals surface area (Å²) in [7, 11) is -3.64. The maximum Gasteiger partial charge on any atom is 0.282 e. The first-order valence-electron chi connectivity index (χ1n) is 7.92. The van der Waals surface area contributed by atoms with Crippen LogP contribution in [0, 0.1) is 0 Å². The summed E-state index contributed by atoms with van der Waals surface area (Å²) < 4.78 is 28.4. The second-order valence-corrected chi connectivity index (χ2v) is 7.70. The van der Waals surface area contributed by atoms with Crippen LogP contribution < -0.4 is 11.1 Å². The van der Waals surface area contributed by atoms with Crippen molar-refractivity contribution in [1.29, 1.82) is 0 Å². The number of rotatable bonds is 5. The summed E-state index contributed by atoms with van der Waals surface area (Å²) in [6.07, 6.45) is 0.375. The van der Waals surface area contributed by atoms with Gasteiger partial charge in [0, 0.05) is 45.3 Å². The maximum atomic E-state index is 12.8. The van der Waals surface area contributed by atoms with Gasteiger partial charge in [0.1, 0.15) is 6.04 Å². The number of nitrogens with zero attached hydrogens (tertiary/aromatic N) is 3. The van der Waals surface area contributed by atoms with Gasteiger partial charge in [-0.2, -0.15) is 17.0 Å². The van der Waals surface area contributed by atoms with Crippen LogP contribution in [-0.2, 0) is 15.0 Å². The Labute approximate surface area is 132 Å². The predicted octanol–water partition coefficient (Wildman–Crippen LogP) is -1.59. The molecular weight excluding hydrogens is 306 g/mol. The maximum absolute atomic E-state index is 12.8. The molecule has 128 valence electrons. The van der Waals surface area contributed by atoms with Crippen molar-refractivity contribution in [3.05, 3.63) is 0 Å². The van der Waals surface area contributed by atoms with Crippen molar-refractivity contribution in [3.63, 3.8) is 0 Å². The van der Waals surface area contributed by atoms with Crippen molar-refractivity contribution >= 4 is 16.1 Å². The molecule has 2 atom stereocenters. The lowest BCUT2D eigenvalue weighted by Crippen LogP contribution is -2.56. The lowest BCUT2D eigenvalue weighted by atomic mass is 10.2. The first-order chi connectivity index (χ1) is 10.4. The Morgan fingerprint density at radius 2 is 1.86 bits per heavy atom. The van der Waals surface area contributed by atoms with E-state index in [1.165, 1.54) is 8.61 Å². The highest BCUT2D eigenvalue weighted by Gasteiger charge is 2.44. The molecule has 0 aromatic heterocycles. The molecule has 1 amide bonds. The second-order valence-electron chi connectivity index (χ2n) is 5.82. The molecule has 9 heteroatoms. The van der Waals surface area contributed by atoms with Crippen LogP contribution in [0.5, 0.6) is 0 Å². The Kier molecular flexibility index (Phi) is 5.78. The Bertz CT molecular complexity index is 490. The van der Waals surface area contributed by atoms with Crippen LogP contribution in [0.1, 0.15) is 20.3 Å². The molecule has 0 spiro atoms. The quantitative estimate of drug-likeness (QED) is 0.632. The molecule has 0 aromatic rings. The van der Waals surface area contributed by atoms with Gasteiger partial charge in [-0.3, -0.25) is 4.79 Å². The molecule has 2 aliphatic heterocycles. The van der Waals surface area contributed by atoms with E-state index in [0.29, 0.717) is 26.1 Å². The van der Waals surface area contributed by atoms with Crippen molar-refractivity contribution < 1.29 is 13.2 Å². The molecule has 0 radical (unpaired) electrons. The van der Waals surface area contributed by atoms with Gasteiger partial charge in [0.2, 0.25) is 5.91 Å². The molecule has 0 saturated carbocycles. The topological polar surface area (TPSA) is 99.0 Å². The fraction of sp³-hybridized carbons (Fsp3) is 0.923. The monoisotopic (exact) mass is 333 g/mol. The first kappa shape index (κ1) is 17.6. The summed E-state index contributed by atoms with van der Waals surface area (Å²) in [6.45, 7) is 7.86. The molecule has 0 unspecified atom stereocenters. The smallest absolute Gasteiger partial charge is 0.282 e. The minimum atomic E-state index is -3.64. The summed E-state index contributed by atoms with van der Waals surface area (Å²) in [4.78, 5) is 14.3. The average Bonchev–Trinajstić information content (AvgIpc) is 2.90. The molecule has 0 aromatic carbocycles. The molecular formula is C13H27N5O3S. The number of piperazine rings is 1. The second kappa shape index (κ2) is 7.22. The summed E-state index contributed by atoms with van der Waals surface area (Å²) >= 11 is 0. The van der Waals surface area contributed by atoms with Crippen molar-refractivity contribution in [3.8, 4) is 0 Å². The number of nitrogens with one attached hydrogen (secondary N) is 1. The number of hydrogen-bond acceptors (Lipinski definition) is 5. The van der Waals surface area contributed by atoms with E-state index in [1.807, 2.05) is 6.92 Å². The molecule has 2 saturated heterocycles. The van der Waals surface area contributed by atoms with Crippen molar-refractivity contribution in [2.24, 2.45) is 5.73 Å². The van der Waals surface area contributed by atoms with E-state index in [-0.39, 0.29) is 18.5 Å². The van der Waals surface area contributed by atoms with Crippen LogP contribution in [0.2, 0.25) is 0 Å². The Hall–Kier alpha value is -0.740. The van der Waals surface area contributed by atoms with E-state index in [1.54, 1.807) is 0 Å². The van der Waals surface area contributed by atoms with E-state index >= 15 is 0 Å². The van der Waals surface area contributed by atoms with E-state index in [2.05, 4.69) is 17.1 Å². The largest absolute Gasteiger partial charge is 0.355 e. The van der Waals surface area contributed by atoms with E-state index in [9.17, 15) is 13.2 Å². The molecule has 0 bridgehead atoms. The van der Waals surface area contributed by atoms with Crippen LogP contribution >= 0.6 is 0 Å². The lowest BCUT2D eigenvalue weighted by Gasteiger charge is -2.36. The molecule has 2 fully saturated rings. The third kappa shape index (κ3) is 3.60. The van der Waals surface area contributed by atoms with Gasteiger partial charge in [0.25, 0.3) is 10.2 Å². The van der Waals surface area contributed by atoms with Gasteiger partial charge in [0.15, 0.2) is 0 Å². The van der Waals surface area contributed by atoms with Crippen molar-refractivity contribution in [2.45, 2.75) is 32.4 Å². The van der Waals surface area contributed by atoms with Crippen molar-refractivity contribution in [1.82, 2.24) is 18.8 Å². The van der Waals surface area contributed by atoms with Gasteiger partial charge in [-0.1, -0.05) is 6.92 Å². The molecule has 8 nitrogen and oxygen atoms in total.